The molecule has 2 saturated heterocycles. The summed E-state index contributed by atoms with van der Waals surface area (Å²) in [6.07, 6.45) is 2.39. The lowest BCUT2D eigenvalue weighted by molar-refractivity contribution is -0.142. The monoisotopic (exact) mass is 1040 g/mol. The second-order valence-electron chi connectivity index (χ2n) is 19.4. The average molecular weight is 1040 g/mol. The van der Waals surface area contributed by atoms with Gasteiger partial charge in [-0.15, -0.1) is 0 Å². The van der Waals surface area contributed by atoms with Crippen molar-refractivity contribution in [3.8, 4) is 0 Å². The van der Waals surface area contributed by atoms with Gasteiger partial charge < -0.3 is 59.8 Å². The van der Waals surface area contributed by atoms with Gasteiger partial charge in [-0.1, -0.05) is 36.8 Å². The molecule has 0 aliphatic carbocycles. The number of nitrogens with one attached hydrogen (secondary N) is 5. The van der Waals surface area contributed by atoms with E-state index >= 15 is 0 Å². The molecule has 3 heterocycles. The van der Waals surface area contributed by atoms with Gasteiger partial charge in [0, 0.05) is 81.2 Å². The van der Waals surface area contributed by atoms with Gasteiger partial charge in [0.15, 0.2) is 17.7 Å². The van der Waals surface area contributed by atoms with Crippen molar-refractivity contribution in [3.63, 3.8) is 0 Å². The first-order valence-corrected chi connectivity index (χ1v) is 25.5. The topological polar surface area (TPSA) is 376 Å². The Morgan fingerprint density at radius 3 is 2.16 bits per heavy atom. The number of rotatable bonds is 16. The molecule has 2 aliphatic heterocycles. The Morgan fingerprint density at radius 2 is 1.47 bits per heavy atom. The van der Waals surface area contributed by atoms with Crippen molar-refractivity contribution in [1.29, 1.82) is 0 Å². The molecule has 5 rings (SSSR count). The lowest BCUT2D eigenvalue weighted by atomic mass is 9.83. The number of guanidine groups is 2. The van der Waals surface area contributed by atoms with E-state index in [4.69, 9.17) is 28.7 Å². The van der Waals surface area contributed by atoms with Gasteiger partial charge in [-0.05, 0) is 100.0 Å². The number of nitrogens with zero attached hydrogens (tertiary/aromatic N) is 3. The Hall–Kier alpha value is -7.72. The van der Waals surface area contributed by atoms with Crippen molar-refractivity contribution in [3.05, 3.63) is 71.7 Å². The molecular weight excluding hydrogens is 970 g/mol. The summed E-state index contributed by atoms with van der Waals surface area (Å²) in [5.41, 5.74) is 29.9. The third-order valence-electron chi connectivity index (χ3n) is 13.6. The van der Waals surface area contributed by atoms with Crippen LogP contribution in [0, 0.1) is 17.7 Å². The number of benzene rings is 2. The van der Waals surface area contributed by atoms with E-state index in [9.17, 15) is 47.5 Å². The largest absolute Gasteiger partial charge is 0.370 e. The molecule has 3 aromatic rings. The summed E-state index contributed by atoms with van der Waals surface area (Å²) in [5.74, 6) is -8.35. The molecule has 2 aliphatic rings. The standard InChI is InChI=1S/C52H72FN13O9/c1-30(67)62-40(14-7-23-60-52(57)58)48(73)64-41-21-20-36(68)10-2-4-13-39(46(54)71)63-47(72)33(26-34-29-61-38-12-5-3-11-37(34)38)28-44(69)32(9-6-22-59-51(55)56)27-45(70)42(25-31-16-18-35(53)19-17-31)65-49(74)43-15-8-24-66(43)50(41)75/h3,5,11-12,16-19,29,32-33,39-43,61H,2,4,6-10,13-15,20-28H2,1H3,(H2,54,71)(H,62,67)(H,63,72)(H,64,73)(H,65,74)(H4,55,56,59)(H4,57,58,60)/t32-,33-,39+,40+,41+,42-,43+/m1/s1. The maximum atomic E-state index is 14.8. The minimum atomic E-state index is -1.35. The van der Waals surface area contributed by atoms with Gasteiger partial charge in [0.2, 0.25) is 35.4 Å². The molecule has 0 unspecified atom stereocenters. The maximum absolute atomic E-state index is 14.8. The van der Waals surface area contributed by atoms with Crippen molar-refractivity contribution in [2.75, 3.05) is 19.6 Å². The second kappa shape index (κ2) is 28.7. The van der Waals surface area contributed by atoms with Gasteiger partial charge in [-0.25, -0.2) is 4.39 Å². The minimum Gasteiger partial charge on any atom is -0.370 e. The number of carbonyl (C=O) groups is 9. The highest BCUT2D eigenvalue weighted by molar-refractivity contribution is 5.98. The van der Waals surface area contributed by atoms with E-state index in [0.29, 0.717) is 12.0 Å². The van der Waals surface area contributed by atoms with Crippen LogP contribution in [0.3, 0.4) is 0 Å². The van der Waals surface area contributed by atoms with Crippen molar-refractivity contribution < 1.29 is 47.5 Å². The van der Waals surface area contributed by atoms with Gasteiger partial charge in [-0.2, -0.15) is 0 Å². The fourth-order valence-electron chi connectivity index (χ4n) is 9.64. The number of amides is 6. The summed E-state index contributed by atoms with van der Waals surface area (Å²) < 4.78 is 14.2. The molecule has 15 N–H and O–H groups in total. The van der Waals surface area contributed by atoms with Crippen LogP contribution < -0.4 is 49.9 Å². The Morgan fingerprint density at radius 1 is 0.773 bits per heavy atom. The minimum absolute atomic E-state index is 0.00801. The Balaban J connectivity index is 1.52. The van der Waals surface area contributed by atoms with Crippen LogP contribution in [0.1, 0.15) is 108 Å². The molecule has 2 aromatic carbocycles. The predicted molar refractivity (Wildman–Crippen MR) is 278 cm³/mol. The van der Waals surface area contributed by atoms with Crippen LogP contribution in [0.15, 0.2) is 64.7 Å². The summed E-state index contributed by atoms with van der Waals surface area (Å²) in [5, 5.41) is 11.7. The zero-order valence-corrected chi connectivity index (χ0v) is 42.5. The van der Waals surface area contributed by atoms with Gasteiger partial charge in [-0.3, -0.25) is 53.1 Å². The number of aromatic nitrogens is 1. The average Bonchev–Trinajstić information content (AvgIpc) is 4.03. The number of nitrogens with two attached hydrogens (primary N) is 5. The quantitative estimate of drug-likeness (QED) is 0.0538. The Kier molecular flexibility index (Phi) is 22.2. The summed E-state index contributed by atoms with van der Waals surface area (Å²) >= 11 is 0. The molecule has 406 valence electrons. The predicted octanol–water partition coefficient (Wildman–Crippen LogP) is 0.709. The number of para-hydroxylation sites is 1. The highest BCUT2D eigenvalue weighted by Gasteiger charge is 2.40. The lowest BCUT2D eigenvalue weighted by Crippen LogP contribution is -2.57. The maximum Gasteiger partial charge on any atom is 0.245 e. The Bertz CT molecular complexity index is 2580. The highest BCUT2D eigenvalue weighted by Crippen LogP contribution is 2.27. The van der Waals surface area contributed by atoms with Crippen LogP contribution in [-0.2, 0) is 56.0 Å². The van der Waals surface area contributed by atoms with Gasteiger partial charge >= 0.3 is 0 Å². The van der Waals surface area contributed by atoms with Crippen LogP contribution in [0.2, 0.25) is 0 Å². The summed E-state index contributed by atoms with van der Waals surface area (Å²) in [6.45, 7) is 1.57. The fourth-order valence-corrected chi connectivity index (χ4v) is 9.64. The molecular formula is C52H72FN13O9. The number of aromatic amines is 1. The number of H-pyrrole nitrogens is 1. The molecule has 1 aromatic heterocycles. The van der Waals surface area contributed by atoms with Gasteiger partial charge in [0.05, 0.1) is 6.04 Å². The van der Waals surface area contributed by atoms with E-state index in [1.165, 1.54) is 36.1 Å². The third-order valence-corrected chi connectivity index (χ3v) is 13.6. The van der Waals surface area contributed by atoms with Crippen LogP contribution >= 0.6 is 0 Å². The molecule has 6 amide bonds. The number of ketones is 3. The third kappa shape index (κ3) is 18.3. The lowest BCUT2D eigenvalue weighted by Gasteiger charge is -2.31. The molecule has 0 saturated carbocycles. The fraction of sp³-hybridized carbons (Fsp3) is 0.519. The van der Waals surface area contributed by atoms with Gasteiger partial charge in [0.1, 0.15) is 41.6 Å². The molecule has 2 fully saturated rings. The first-order valence-electron chi connectivity index (χ1n) is 25.5. The van der Waals surface area contributed by atoms with Crippen molar-refractivity contribution >= 4 is 75.6 Å². The van der Waals surface area contributed by atoms with Crippen LogP contribution in [0.4, 0.5) is 4.39 Å². The summed E-state index contributed by atoms with van der Waals surface area (Å²) in [4.78, 5) is 138. The van der Waals surface area contributed by atoms with E-state index in [1.807, 2.05) is 24.3 Å². The van der Waals surface area contributed by atoms with E-state index in [0.717, 1.165) is 16.5 Å². The normalized spacial score (nSPS) is 22.3. The van der Waals surface area contributed by atoms with E-state index < -0.39 is 101 Å². The number of fused-ring (bicyclic) bond motifs is 2. The highest BCUT2D eigenvalue weighted by atomic mass is 19.1. The summed E-state index contributed by atoms with van der Waals surface area (Å²) in [6, 6.07) is 6.65. The number of hydrogen-bond donors (Lipinski definition) is 10. The molecule has 22 nitrogen and oxygen atoms in total. The number of carbonyl (C=O) groups excluding carboxylic acids is 9. The van der Waals surface area contributed by atoms with Crippen LogP contribution in [0.25, 0.3) is 10.9 Å². The number of hydrogen-bond acceptors (Lipinski definition) is 11. The molecule has 0 radical (unpaired) electrons. The number of primary amides is 1. The zero-order chi connectivity index (χ0) is 54.6. The second-order valence-corrected chi connectivity index (χ2v) is 19.4. The van der Waals surface area contributed by atoms with Crippen molar-refractivity contribution in [2.24, 2.45) is 50.5 Å². The van der Waals surface area contributed by atoms with Crippen molar-refractivity contribution in [1.82, 2.24) is 31.2 Å². The van der Waals surface area contributed by atoms with Gasteiger partial charge in [0.25, 0.3) is 0 Å². The van der Waals surface area contributed by atoms with Crippen LogP contribution in [0.5, 0.6) is 0 Å². The number of Topliss-reactive ketones (excluding diaryl/α,β-unsaturated/α-hetero) is 3. The van der Waals surface area contributed by atoms with Crippen molar-refractivity contribution in [2.45, 2.75) is 140 Å². The Labute approximate surface area is 434 Å². The molecule has 7 atom stereocenters. The summed E-state index contributed by atoms with van der Waals surface area (Å²) in [7, 11) is 0. The van der Waals surface area contributed by atoms with E-state index in [2.05, 4.69) is 36.2 Å². The molecule has 0 bridgehead atoms. The molecule has 23 heteroatoms. The van der Waals surface area contributed by atoms with Crippen LogP contribution in [-0.4, -0.2) is 124 Å². The van der Waals surface area contributed by atoms with E-state index in [-0.39, 0.29) is 127 Å². The number of halogens is 1. The molecule has 0 spiro atoms. The number of aliphatic imine (C=N–C) groups is 2. The first kappa shape index (κ1) is 58.2. The smallest absolute Gasteiger partial charge is 0.245 e. The van der Waals surface area contributed by atoms with E-state index in [1.54, 1.807) is 6.20 Å². The molecule has 75 heavy (non-hydrogen) atoms. The first-order chi connectivity index (χ1) is 35.8. The SMILES string of the molecule is CC(=O)N[C@@H](CCCN=C(N)N)C(=O)N[C@H]1CCC(=O)CCCC[C@@H](C(N)=O)NC(=O)[C@H](Cc2c[nH]c3ccccc23)CC(=O)[C@H](CCCN=C(N)N)CC(=O)[C@@H](Cc2ccc(F)cc2)NC(=O)[C@@H]2CCCN2C1=O. The zero-order valence-electron chi connectivity index (χ0n) is 42.5.